The molecule has 3 aromatic carbocycles. The van der Waals surface area contributed by atoms with Crippen LogP contribution in [0.3, 0.4) is 0 Å². The lowest BCUT2D eigenvalue weighted by molar-refractivity contribution is 0.00578. The highest BCUT2D eigenvalue weighted by Crippen LogP contribution is 2.36. The van der Waals surface area contributed by atoms with Crippen LogP contribution in [0.5, 0.6) is 0 Å². The van der Waals surface area contributed by atoms with Crippen molar-refractivity contribution in [3.05, 3.63) is 130 Å². The van der Waals surface area contributed by atoms with Crippen molar-refractivity contribution in [1.82, 2.24) is 28.7 Å². The maximum atomic E-state index is 11.4. The van der Waals surface area contributed by atoms with E-state index in [1.807, 2.05) is 68.6 Å². The number of imidazole rings is 3. The van der Waals surface area contributed by atoms with E-state index in [-0.39, 0.29) is 24.1 Å². The first kappa shape index (κ1) is 46.8. The standard InChI is InChI=1S/C13H19BO2.C13H14N2O2.C12H12N2O2.C6H7BrN2O2/c1-10-6-8-11(9-7-10)14-15-12(2,3)13(4,5)16-14;1-9-4-6-10(7-5-9)11-8-15(2)12(14-11)13(16)17-3;1-8-3-5-9(6-4-8)10-7-14(2)11(13-10)12(15)16;1-9-3-4(7)8-5(9)6(10)11-2/h6-9H,1-5H3;4-8H,1-3H3;3-7H,1-2H3,(H,15,16);3H,1-2H3. The molecule has 0 bridgehead atoms. The molecule has 16 heteroatoms. The summed E-state index contributed by atoms with van der Waals surface area (Å²) in [6, 6.07) is 24.1. The van der Waals surface area contributed by atoms with Gasteiger partial charge >= 0.3 is 25.0 Å². The molecule has 0 aliphatic carbocycles. The van der Waals surface area contributed by atoms with Crippen molar-refractivity contribution in [1.29, 1.82) is 0 Å². The molecule has 1 N–H and O–H groups in total. The molecule has 1 aliphatic heterocycles. The zero-order valence-corrected chi connectivity index (χ0v) is 37.7. The van der Waals surface area contributed by atoms with Crippen LogP contribution in [0.15, 0.2) is 96.0 Å². The van der Waals surface area contributed by atoms with Crippen LogP contribution in [0.25, 0.3) is 22.5 Å². The van der Waals surface area contributed by atoms with Crippen molar-refractivity contribution in [3.8, 4) is 22.5 Å². The molecule has 1 aliphatic rings. The highest BCUT2D eigenvalue weighted by molar-refractivity contribution is 9.10. The number of aromatic nitrogens is 6. The van der Waals surface area contributed by atoms with Crippen molar-refractivity contribution in [2.75, 3.05) is 14.2 Å². The topological polar surface area (TPSA) is 162 Å². The molecule has 60 heavy (non-hydrogen) atoms. The summed E-state index contributed by atoms with van der Waals surface area (Å²) in [5, 5.41) is 8.89. The maximum Gasteiger partial charge on any atom is 0.494 e. The third kappa shape index (κ3) is 11.9. The predicted molar refractivity (Wildman–Crippen MR) is 234 cm³/mol. The van der Waals surface area contributed by atoms with Gasteiger partial charge in [0.05, 0.1) is 36.8 Å². The van der Waals surface area contributed by atoms with Crippen LogP contribution in [0.1, 0.15) is 76.2 Å². The average molecular weight is 884 g/mol. The van der Waals surface area contributed by atoms with E-state index in [2.05, 4.69) is 99.2 Å². The molecule has 0 radical (unpaired) electrons. The fourth-order valence-electron chi connectivity index (χ4n) is 5.55. The average Bonchev–Trinajstić information content (AvgIpc) is 3.94. The molecule has 6 aromatic rings. The quantitative estimate of drug-likeness (QED) is 0.130. The third-order valence-electron chi connectivity index (χ3n) is 9.82. The first-order valence-corrected chi connectivity index (χ1v) is 19.7. The SMILES string of the molecule is COC(=O)c1nc(-c2ccc(C)cc2)cn1C.COC(=O)c1nc(Br)cn1C.Cc1ccc(-c2cn(C)c(C(=O)O)n2)cc1.Cc1ccc(B2OC(C)(C)C(C)(C)O2)cc1. The van der Waals surface area contributed by atoms with Crippen molar-refractivity contribution in [2.24, 2.45) is 21.1 Å². The molecular weight excluding hydrogens is 831 g/mol. The Balaban J connectivity index is 0.000000178. The first-order chi connectivity index (χ1) is 28.2. The number of carboxylic acid groups (broad SMARTS) is 1. The van der Waals surface area contributed by atoms with E-state index in [1.54, 1.807) is 42.7 Å². The highest BCUT2D eigenvalue weighted by atomic mass is 79.9. The molecular formula is C44H52BBrN6O8. The van der Waals surface area contributed by atoms with E-state index < -0.39 is 17.9 Å². The molecule has 0 atom stereocenters. The second kappa shape index (κ2) is 19.9. The lowest BCUT2D eigenvalue weighted by Crippen LogP contribution is -2.41. The van der Waals surface area contributed by atoms with Gasteiger partial charge in [-0.1, -0.05) is 89.5 Å². The Bertz CT molecular complexity index is 2390. The van der Waals surface area contributed by atoms with Crippen molar-refractivity contribution in [2.45, 2.75) is 59.7 Å². The third-order valence-corrected chi connectivity index (χ3v) is 10.2. The summed E-state index contributed by atoms with van der Waals surface area (Å²) < 4.78 is 26.5. The predicted octanol–water partition coefficient (Wildman–Crippen LogP) is 7.54. The van der Waals surface area contributed by atoms with Crippen LogP contribution in [0.4, 0.5) is 0 Å². The number of nitrogens with zero attached hydrogens (tertiary/aromatic N) is 6. The largest absolute Gasteiger partial charge is 0.494 e. The van der Waals surface area contributed by atoms with Gasteiger partial charge in [0.1, 0.15) is 4.60 Å². The number of rotatable bonds is 6. The van der Waals surface area contributed by atoms with Gasteiger partial charge in [-0.15, -0.1) is 0 Å². The minimum atomic E-state index is -1.01. The van der Waals surface area contributed by atoms with Gasteiger partial charge in [-0.25, -0.2) is 29.3 Å². The van der Waals surface area contributed by atoms with Gasteiger partial charge in [0.2, 0.25) is 17.5 Å². The summed E-state index contributed by atoms with van der Waals surface area (Å²) in [5.41, 5.74) is 7.54. The Hall–Kier alpha value is -5.84. The van der Waals surface area contributed by atoms with Crippen LogP contribution >= 0.6 is 15.9 Å². The number of carbonyl (C=O) groups excluding carboxylic acids is 2. The number of hydrogen-bond donors (Lipinski definition) is 1. The van der Waals surface area contributed by atoms with Gasteiger partial charge in [0.15, 0.2) is 0 Å². The normalized spacial score (nSPS) is 13.4. The van der Waals surface area contributed by atoms with Crippen molar-refractivity contribution >= 4 is 46.4 Å². The van der Waals surface area contributed by atoms with Crippen molar-refractivity contribution in [3.63, 3.8) is 0 Å². The molecule has 0 amide bonds. The van der Waals surface area contributed by atoms with E-state index in [1.165, 1.54) is 29.9 Å². The van der Waals surface area contributed by atoms with E-state index >= 15 is 0 Å². The summed E-state index contributed by atoms with van der Waals surface area (Å²) in [6.07, 6.45) is 5.22. The second-order valence-corrected chi connectivity index (χ2v) is 16.0. The molecule has 7 rings (SSSR count). The highest BCUT2D eigenvalue weighted by Gasteiger charge is 2.51. The number of benzene rings is 3. The summed E-state index contributed by atoms with van der Waals surface area (Å²) in [7, 11) is 7.60. The maximum absolute atomic E-state index is 11.4. The zero-order valence-electron chi connectivity index (χ0n) is 36.1. The lowest BCUT2D eigenvalue weighted by Gasteiger charge is -2.32. The van der Waals surface area contributed by atoms with E-state index in [0.717, 1.165) is 27.8 Å². The molecule has 1 fully saturated rings. The van der Waals surface area contributed by atoms with Gasteiger partial charge in [-0.2, -0.15) is 0 Å². The van der Waals surface area contributed by atoms with E-state index in [0.29, 0.717) is 21.9 Å². The Kier molecular flexibility index (Phi) is 15.6. The number of ether oxygens (including phenoxy) is 2. The van der Waals surface area contributed by atoms with Crippen LogP contribution < -0.4 is 5.46 Å². The summed E-state index contributed by atoms with van der Waals surface area (Å²) in [5.74, 6) is -1.22. The van der Waals surface area contributed by atoms with Gasteiger partial charge in [-0.3, -0.25) is 0 Å². The van der Waals surface area contributed by atoms with Gasteiger partial charge in [-0.05, 0) is 69.9 Å². The second-order valence-electron chi connectivity index (χ2n) is 15.1. The van der Waals surface area contributed by atoms with Gasteiger partial charge in [0, 0.05) is 50.9 Å². The van der Waals surface area contributed by atoms with E-state index in [4.69, 9.17) is 14.4 Å². The first-order valence-electron chi connectivity index (χ1n) is 18.9. The fourth-order valence-corrected chi connectivity index (χ4v) is 6.03. The summed E-state index contributed by atoms with van der Waals surface area (Å²) in [4.78, 5) is 45.4. The Morgan fingerprint density at radius 3 is 1.30 bits per heavy atom. The monoisotopic (exact) mass is 882 g/mol. The number of methoxy groups -OCH3 is 2. The van der Waals surface area contributed by atoms with Gasteiger partial charge in [0.25, 0.3) is 0 Å². The number of aryl methyl sites for hydroxylation is 6. The molecule has 0 saturated carbocycles. The number of aromatic carboxylic acids is 1. The molecule has 0 unspecified atom stereocenters. The Morgan fingerprint density at radius 2 is 0.950 bits per heavy atom. The minimum Gasteiger partial charge on any atom is -0.475 e. The summed E-state index contributed by atoms with van der Waals surface area (Å²) >= 11 is 3.14. The molecule has 14 nitrogen and oxygen atoms in total. The minimum absolute atomic E-state index is 0.0515. The van der Waals surface area contributed by atoms with Crippen LogP contribution in [-0.4, -0.2) is 84.2 Å². The number of hydrogen-bond acceptors (Lipinski definition) is 10. The van der Waals surface area contributed by atoms with Crippen molar-refractivity contribution < 1.29 is 38.3 Å². The summed E-state index contributed by atoms with van der Waals surface area (Å²) in [6.45, 7) is 14.4. The molecule has 1 saturated heterocycles. The van der Waals surface area contributed by atoms with E-state index in [9.17, 15) is 14.4 Å². The molecule has 316 valence electrons. The molecule has 3 aromatic heterocycles. The van der Waals surface area contributed by atoms with Gasteiger partial charge < -0.3 is 37.6 Å². The van der Waals surface area contributed by atoms with Crippen LogP contribution in [0.2, 0.25) is 0 Å². The fraction of sp³-hybridized carbons (Fsp3) is 0.318. The zero-order chi connectivity index (χ0) is 44.5. The Morgan fingerprint density at radius 1 is 0.600 bits per heavy atom. The lowest BCUT2D eigenvalue weighted by atomic mass is 9.79. The molecule has 0 spiro atoms. The number of carbonyl (C=O) groups is 3. The Labute approximate surface area is 359 Å². The van der Waals surface area contributed by atoms with Crippen LogP contribution in [-0.2, 0) is 39.9 Å². The number of halogens is 1. The number of carboxylic acids is 1. The number of esters is 2. The molecule has 4 heterocycles. The smallest absolute Gasteiger partial charge is 0.475 e. The van der Waals surface area contributed by atoms with Crippen LogP contribution in [0, 0.1) is 20.8 Å².